The van der Waals surface area contributed by atoms with Crippen LogP contribution in [0.25, 0.3) is 0 Å². The topological polar surface area (TPSA) is 76.7 Å². The van der Waals surface area contributed by atoms with Crippen molar-refractivity contribution in [2.75, 3.05) is 40.5 Å². The lowest BCUT2D eigenvalue weighted by Crippen LogP contribution is -2.47. The van der Waals surface area contributed by atoms with Gasteiger partial charge in [0.1, 0.15) is 5.75 Å². The summed E-state index contributed by atoms with van der Waals surface area (Å²) in [6, 6.07) is 1.66. The SMILES string of the molecule is COCC1(CNS(=O)(=O)c2sccc2OC)CCNCC1.Cl. The summed E-state index contributed by atoms with van der Waals surface area (Å²) in [5.41, 5.74) is -0.141. The molecule has 2 N–H and O–H groups in total. The van der Waals surface area contributed by atoms with Gasteiger partial charge in [0.2, 0.25) is 0 Å². The average Bonchev–Trinajstić information content (AvgIpc) is 2.96. The van der Waals surface area contributed by atoms with Gasteiger partial charge in [-0.15, -0.1) is 23.7 Å². The van der Waals surface area contributed by atoms with Gasteiger partial charge in [0, 0.05) is 19.1 Å². The van der Waals surface area contributed by atoms with Gasteiger partial charge < -0.3 is 14.8 Å². The van der Waals surface area contributed by atoms with Crippen LogP contribution in [0.15, 0.2) is 15.7 Å². The van der Waals surface area contributed by atoms with Gasteiger partial charge in [-0.05, 0) is 37.4 Å². The van der Waals surface area contributed by atoms with E-state index in [1.807, 2.05) is 0 Å². The molecule has 2 rings (SSSR count). The van der Waals surface area contributed by atoms with Crippen molar-refractivity contribution in [1.82, 2.24) is 10.0 Å². The minimum absolute atomic E-state index is 0. The van der Waals surface area contributed by atoms with Crippen LogP contribution < -0.4 is 14.8 Å². The Hall–Kier alpha value is -0.380. The van der Waals surface area contributed by atoms with Gasteiger partial charge in [0.05, 0.1) is 13.7 Å². The summed E-state index contributed by atoms with van der Waals surface area (Å²) >= 11 is 1.16. The monoisotopic (exact) mass is 370 g/mol. The average molecular weight is 371 g/mol. The van der Waals surface area contributed by atoms with Crippen LogP contribution in [0.3, 0.4) is 0 Å². The summed E-state index contributed by atoms with van der Waals surface area (Å²) in [5.74, 6) is 0.388. The van der Waals surface area contributed by atoms with Gasteiger partial charge in [-0.1, -0.05) is 0 Å². The number of ether oxygens (including phenoxy) is 2. The van der Waals surface area contributed by atoms with Gasteiger partial charge in [-0.3, -0.25) is 0 Å². The van der Waals surface area contributed by atoms with Crippen molar-refractivity contribution in [1.29, 1.82) is 0 Å². The van der Waals surface area contributed by atoms with Gasteiger partial charge >= 0.3 is 0 Å². The van der Waals surface area contributed by atoms with E-state index in [2.05, 4.69) is 10.0 Å². The zero-order valence-corrected chi connectivity index (χ0v) is 15.2. The van der Waals surface area contributed by atoms with Crippen LogP contribution in [0.5, 0.6) is 5.75 Å². The van der Waals surface area contributed by atoms with Gasteiger partial charge in [0.15, 0.2) is 4.21 Å². The molecule has 1 aliphatic rings. The lowest BCUT2D eigenvalue weighted by molar-refractivity contribution is 0.0577. The Morgan fingerprint density at radius 2 is 2.05 bits per heavy atom. The zero-order chi connectivity index (χ0) is 15.3. The van der Waals surface area contributed by atoms with Gasteiger partial charge in [-0.2, -0.15) is 0 Å². The molecular weight excluding hydrogens is 348 g/mol. The first-order valence-corrected chi connectivity index (χ1v) is 9.20. The molecule has 2 heterocycles. The number of nitrogens with one attached hydrogen (secondary N) is 2. The fourth-order valence-electron chi connectivity index (χ4n) is 2.58. The molecule has 0 aromatic carbocycles. The minimum atomic E-state index is -3.55. The zero-order valence-electron chi connectivity index (χ0n) is 12.8. The molecule has 0 spiro atoms. The highest BCUT2D eigenvalue weighted by molar-refractivity contribution is 7.91. The van der Waals surface area contributed by atoms with E-state index in [0.717, 1.165) is 37.3 Å². The van der Waals surface area contributed by atoms with Gasteiger partial charge in [0.25, 0.3) is 10.0 Å². The second kappa shape index (κ2) is 8.47. The Labute approximate surface area is 142 Å². The molecule has 0 amide bonds. The molecule has 0 aliphatic carbocycles. The molecule has 22 heavy (non-hydrogen) atoms. The fourth-order valence-corrected chi connectivity index (χ4v) is 5.06. The van der Waals surface area contributed by atoms with Crippen molar-refractivity contribution in [3.8, 4) is 5.75 Å². The first kappa shape index (κ1) is 19.7. The summed E-state index contributed by atoms with van der Waals surface area (Å²) < 4.78 is 38.2. The highest BCUT2D eigenvalue weighted by Crippen LogP contribution is 2.32. The lowest BCUT2D eigenvalue weighted by Gasteiger charge is -2.37. The highest BCUT2D eigenvalue weighted by Gasteiger charge is 2.34. The van der Waals surface area contributed by atoms with Crippen molar-refractivity contribution in [3.05, 3.63) is 11.4 Å². The summed E-state index contributed by atoms with van der Waals surface area (Å²) in [6.07, 6.45) is 1.79. The molecule has 1 fully saturated rings. The van der Waals surface area contributed by atoms with Crippen molar-refractivity contribution >= 4 is 33.8 Å². The molecule has 1 aromatic heterocycles. The number of sulfonamides is 1. The van der Waals surface area contributed by atoms with E-state index in [1.54, 1.807) is 18.6 Å². The molecule has 0 unspecified atom stereocenters. The van der Waals surface area contributed by atoms with Crippen LogP contribution in [0.4, 0.5) is 0 Å². The second-order valence-electron chi connectivity index (χ2n) is 5.28. The first-order valence-electron chi connectivity index (χ1n) is 6.84. The Bertz CT molecular complexity index is 551. The smallest absolute Gasteiger partial charge is 0.253 e. The Morgan fingerprint density at radius 3 is 2.64 bits per heavy atom. The number of hydrogen-bond acceptors (Lipinski definition) is 6. The van der Waals surface area contributed by atoms with Gasteiger partial charge in [-0.25, -0.2) is 13.1 Å². The molecule has 0 radical (unpaired) electrons. The van der Waals surface area contributed by atoms with E-state index >= 15 is 0 Å². The summed E-state index contributed by atoms with van der Waals surface area (Å²) in [5, 5.41) is 5.00. The second-order valence-corrected chi connectivity index (χ2v) is 8.16. The number of methoxy groups -OCH3 is 2. The number of piperidine rings is 1. The Morgan fingerprint density at radius 1 is 1.36 bits per heavy atom. The molecular formula is C13H23ClN2O4S2. The van der Waals surface area contributed by atoms with Crippen molar-refractivity contribution < 1.29 is 17.9 Å². The fraction of sp³-hybridized carbons (Fsp3) is 0.692. The van der Waals surface area contributed by atoms with Crippen molar-refractivity contribution in [2.45, 2.75) is 17.1 Å². The van der Waals surface area contributed by atoms with Crippen LogP contribution in [0.2, 0.25) is 0 Å². The van der Waals surface area contributed by atoms with E-state index in [4.69, 9.17) is 9.47 Å². The third-order valence-corrected chi connectivity index (χ3v) is 6.66. The van der Waals surface area contributed by atoms with Crippen LogP contribution in [0, 0.1) is 5.41 Å². The maximum absolute atomic E-state index is 12.4. The third-order valence-electron chi connectivity index (χ3n) is 3.81. The van der Waals surface area contributed by atoms with Crippen LogP contribution in [-0.2, 0) is 14.8 Å². The molecule has 128 valence electrons. The van der Waals surface area contributed by atoms with E-state index in [1.165, 1.54) is 7.11 Å². The number of rotatable bonds is 7. The summed E-state index contributed by atoms with van der Waals surface area (Å²) in [4.78, 5) is 0. The Kier molecular flexibility index (Phi) is 7.57. The standard InChI is InChI=1S/C13H22N2O4S2.ClH/c1-18-10-13(4-6-14-7-5-13)9-15-21(16,17)12-11(19-2)3-8-20-12;/h3,8,14-15H,4-7,9-10H2,1-2H3;1H. The molecule has 1 aromatic rings. The normalized spacial score (nSPS) is 17.7. The largest absolute Gasteiger partial charge is 0.494 e. The van der Waals surface area contributed by atoms with Crippen LogP contribution in [0.1, 0.15) is 12.8 Å². The van der Waals surface area contributed by atoms with Crippen LogP contribution >= 0.6 is 23.7 Å². The quantitative estimate of drug-likeness (QED) is 0.760. The lowest BCUT2D eigenvalue weighted by atomic mass is 9.80. The first-order chi connectivity index (χ1) is 10.0. The van der Waals surface area contributed by atoms with E-state index < -0.39 is 10.0 Å². The molecule has 6 nitrogen and oxygen atoms in total. The molecule has 9 heteroatoms. The van der Waals surface area contributed by atoms with E-state index in [-0.39, 0.29) is 22.0 Å². The van der Waals surface area contributed by atoms with Crippen LogP contribution in [-0.4, -0.2) is 48.9 Å². The molecule has 0 atom stereocenters. The summed E-state index contributed by atoms with van der Waals surface area (Å²) in [7, 11) is -0.422. The maximum Gasteiger partial charge on any atom is 0.253 e. The van der Waals surface area contributed by atoms with Crippen molar-refractivity contribution in [3.63, 3.8) is 0 Å². The highest BCUT2D eigenvalue weighted by atomic mass is 35.5. The number of halogens is 1. The Balaban J connectivity index is 0.00000242. The predicted octanol–water partition coefficient (Wildman–Crippen LogP) is 1.47. The third kappa shape index (κ3) is 4.56. The number of hydrogen-bond donors (Lipinski definition) is 2. The van der Waals surface area contributed by atoms with Crippen molar-refractivity contribution in [2.24, 2.45) is 5.41 Å². The molecule has 1 saturated heterocycles. The maximum atomic E-state index is 12.4. The minimum Gasteiger partial charge on any atom is -0.494 e. The van der Waals surface area contributed by atoms with E-state index in [9.17, 15) is 8.42 Å². The number of thiophene rings is 1. The summed E-state index contributed by atoms with van der Waals surface area (Å²) in [6.45, 7) is 2.70. The molecule has 0 bridgehead atoms. The predicted molar refractivity (Wildman–Crippen MR) is 89.7 cm³/mol. The van der Waals surface area contributed by atoms with E-state index in [0.29, 0.717) is 18.9 Å². The molecule has 0 saturated carbocycles. The molecule has 1 aliphatic heterocycles.